The van der Waals surface area contributed by atoms with Gasteiger partial charge in [0.15, 0.2) is 0 Å². The minimum absolute atomic E-state index is 0. The van der Waals surface area contributed by atoms with Gasteiger partial charge in [-0.3, -0.25) is 4.79 Å². The van der Waals surface area contributed by atoms with Crippen molar-refractivity contribution in [2.45, 2.75) is 33.2 Å². The number of nitrogens with one attached hydrogen (secondary N) is 1. The van der Waals surface area contributed by atoms with Gasteiger partial charge >= 0.3 is 0 Å². The van der Waals surface area contributed by atoms with Gasteiger partial charge in [-0.25, -0.2) is 0 Å². The van der Waals surface area contributed by atoms with Gasteiger partial charge in [0.2, 0.25) is 0 Å². The second-order valence-corrected chi connectivity index (χ2v) is 4.95. The molecule has 4 heteroatoms. The Morgan fingerprint density at radius 2 is 2.00 bits per heavy atom. The maximum Gasteiger partial charge on any atom is 0.251 e. The highest BCUT2D eigenvalue weighted by Crippen LogP contribution is 2.11. The summed E-state index contributed by atoms with van der Waals surface area (Å²) in [5.41, 5.74) is 0.614. The Hall–Kier alpha value is -0.670. The molecule has 0 aliphatic carbocycles. The van der Waals surface area contributed by atoms with E-state index in [1.807, 2.05) is 6.92 Å². The van der Waals surface area contributed by atoms with Crippen LogP contribution in [0.4, 0.5) is 0 Å². The maximum absolute atomic E-state index is 11.8. The summed E-state index contributed by atoms with van der Waals surface area (Å²) >= 11 is 5.83. The van der Waals surface area contributed by atoms with E-state index in [-0.39, 0.29) is 25.4 Å². The van der Waals surface area contributed by atoms with E-state index >= 15 is 0 Å². The van der Waals surface area contributed by atoms with Crippen LogP contribution in [0.2, 0.25) is 5.02 Å². The SMILES string of the molecule is CC(C)C[C@H](C)NC(=O)c1cccc(Cl)c1.S. The quantitative estimate of drug-likeness (QED) is 0.892. The van der Waals surface area contributed by atoms with Crippen LogP contribution in [0, 0.1) is 5.92 Å². The summed E-state index contributed by atoms with van der Waals surface area (Å²) in [4.78, 5) is 11.8. The first kappa shape index (κ1) is 16.3. The first-order valence-electron chi connectivity index (χ1n) is 5.55. The van der Waals surface area contributed by atoms with Crippen LogP contribution in [-0.4, -0.2) is 11.9 Å². The summed E-state index contributed by atoms with van der Waals surface area (Å²) in [6.07, 6.45) is 0.978. The fraction of sp³-hybridized carbons (Fsp3) is 0.462. The molecule has 1 aromatic rings. The molecule has 0 fully saturated rings. The topological polar surface area (TPSA) is 29.1 Å². The Morgan fingerprint density at radius 3 is 2.53 bits per heavy atom. The van der Waals surface area contributed by atoms with Crippen molar-refractivity contribution in [1.29, 1.82) is 0 Å². The molecule has 0 heterocycles. The number of halogens is 1. The maximum atomic E-state index is 11.8. The standard InChI is InChI=1S/C13H18ClNO.H2S/c1-9(2)7-10(3)15-13(16)11-5-4-6-12(14)8-11;/h4-6,8-10H,7H2,1-3H3,(H,15,16);1H2/t10-;/m0./s1. The van der Waals surface area contributed by atoms with Gasteiger partial charge in [-0.1, -0.05) is 31.5 Å². The molecular formula is C13H20ClNOS. The zero-order valence-electron chi connectivity index (χ0n) is 10.5. The molecule has 0 aliphatic rings. The smallest absolute Gasteiger partial charge is 0.251 e. The fourth-order valence-electron chi connectivity index (χ4n) is 1.70. The predicted octanol–water partition coefficient (Wildman–Crippen LogP) is 3.62. The molecule has 1 N–H and O–H groups in total. The van der Waals surface area contributed by atoms with Gasteiger partial charge in [0.25, 0.3) is 5.91 Å². The molecular weight excluding hydrogens is 254 g/mol. The highest BCUT2D eigenvalue weighted by atomic mass is 35.5. The highest BCUT2D eigenvalue weighted by molar-refractivity contribution is 7.59. The molecule has 1 rings (SSSR count). The molecule has 0 saturated carbocycles. The van der Waals surface area contributed by atoms with Crippen molar-refractivity contribution in [2.75, 3.05) is 0 Å². The van der Waals surface area contributed by atoms with E-state index in [1.165, 1.54) is 0 Å². The van der Waals surface area contributed by atoms with Crippen molar-refractivity contribution in [2.24, 2.45) is 5.92 Å². The number of hydrogen-bond acceptors (Lipinski definition) is 1. The van der Waals surface area contributed by atoms with Crippen LogP contribution in [0.25, 0.3) is 0 Å². The van der Waals surface area contributed by atoms with Crippen molar-refractivity contribution in [3.63, 3.8) is 0 Å². The van der Waals surface area contributed by atoms with E-state index in [0.717, 1.165) is 6.42 Å². The Morgan fingerprint density at radius 1 is 1.35 bits per heavy atom. The zero-order chi connectivity index (χ0) is 12.1. The summed E-state index contributed by atoms with van der Waals surface area (Å²) < 4.78 is 0. The van der Waals surface area contributed by atoms with Crippen molar-refractivity contribution in [1.82, 2.24) is 5.32 Å². The lowest BCUT2D eigenvalue weighted by Crippen LogP contribution is -2.33. The summed E-state index contributed by atoms with van der Waals surface area (Å²) in [6, 6.07) is 7.18. The highest BCUT2D eigenvalue weighted by Gasteiger charge is 2.10. The molecule has 96 valence electrons. The van der Waals surface area contributed by atoms with E-state index < -0.39 is 0 Å². The Kier molecular flexibility index (Phi) is 7.32. The molecule has 1 amide bonds. The van der Waals surface area contributed by atoms with Crippen LogP contribution in [0.15, 0.2) is 24.3 Å². The minimum Gasteiger partial charge on any atom is -0.350 e. The second-order valence-electron chi connectivity index (χ2n) is 4.51. The Balaban J connectivity index is 0.00000256. The predicted molar refractivity (Wildman–Crippen MR) is 78.2 cm³/mol. The summed E-state index contributed by atoms with van der Waals surface area (Å²) in [5, 5.41) is 3.54. The Bertz CT molecular complexity index is 368. The summed E-state index contributed by atoms with van der Waals surface area (Å²) in [5.74, 6) is 0.519. The van der Waals surface area contributed by atoms with Crippen molar-refractivity contribution < 1.29 is 4.79 Å². The third-order valence-electron chi connectivity index (χ3n) is 2.29. The number of carbonyl (C=O) groups excluding carboxylic acids is 1. The summed E-state index contributed by atoms with van der Waals surface area (Å²) in [6.45, 7) is 6.30. The molecule has 0 unspecified atom stereocenters. The molecule has 0 aliphatic heterocycles. The molecule has 0 spiro atoms. The van der Waals surface area contributed by atoms with Gasteiger partial charge < -0.3 is 5.32 Å². The van der Waals surface area contributed by atoms with E-state index in [2.05, 4.69) is 19.2 Å². The number of amides is 1. The lowest BCUT2D eigenvalue weighted by molar-refractivity contribution is 0.0936. The van der Waals surface area contributed by atoms with Gasteiger partial charge in [-0.05, 0) is 37.5 Å². The van der Waals surface area contributed by atoms with Crippen LogP contribution in [0.5, 0.6) is 0 Å². The van der Waals surface area contributed by atoms with Crippen LogP contribution in [0.3, 0.4) is 0 Å². The van der Waals surface area contributed by atoms with Gasteiger partial charge in [0, 0.05) is 16.6 Å². The second kappa shape index (κ2) is 7.62. The third-order valence-corrected chi connectivity index (χ3v) is 2.52. The zero-order valence-corrected chi connectivity index (χ0v) is 12.2. The number of carbonyl (C=O) groups is 1. The molecule has 2 nitrogen and oxygen atoms in total. The molecule has 0 saturated heterocycles. The van der Waals surface area contributed by atoms with Crippen molar-refractivity contribution >= 4 is 31.0 Å². The molecule has 1 aromatic carbocycles. The number of hydrogen-bond donors (Lipinski definition) is 1. The van der Waals surface area contributed by atoms with Gasteiger partial charge in [-0.15, -0.1) is 0 Å². The average molecular weight is 274 g/mol. The van der Waals surface area contributed by atoms with Crippen LogP contribution < -0.4 is 5.32 Å². The molecule has 0 aromatic heterocycles. The lowest BCUT2D eigenvalue weighted by atomic mass is 10.0. The van der Waals surface area contributed by atoms with E-state index in [0.29, 0.717) is 16.5 Å². The van der Waals surface area contributed by atoms with Crippen LogP contribution in [-0.2, 0) is 0 Å². The van der Waals surface area contributed by atoms with Crippen LogP contribution in [0.1, 0.15) is 37.6 Å². The van der Waals surface area contributed by atoms with E-state index in [1.54, 1.807) is 24.3 Å². The summed E-state index contributed by atoms with van der Waals surface area (Å²) in [7, 11) is 0. The van der Waals surface area contributed by atoms with Gasteiger partial charge in [0.05, 0.1) is 0 Å². The molecule has 1 atom stereocenters. The number of benzene rings is 1. The van der Waals surface area contributed by atoms with Gasteiger partial charge in [-0.2, -0.15) is 13.5 Å². The molecule has 0 radical (unpaired) electrons. The van der Waals surface area contributed by atoms with Gasteiger partial charge in [0.1, 0.15) is 0 Å². The van der Waals surface area contributed by atoms with E-state index in [4.69, 9.17) is 11.6 Å². The fourth-order valence-corrected chi connectivity index (χ4v) is 1.89. The van der Waals surface area contributed by atoms with Crippen LogP contribution >= 0.6 is 25.1 Å². The van der Waals surface area contributed by atoms with Crippen molar-refractivity contribution in [3.8, 4) is 0 Å². The minimum atomic E-state index is -0.0596. The Labute approximate surface area is 115 Å². The van der Waals surface area contributed by atoms with Crippen molar-refractivity contribution in [3.05, 3.63) is 34.9 Å². The number of rotatable bonds is 4. The largest absolute Gasteiger partial charge is 0.350 e. The third kappa shape index (κ3) is 5.99. The first-order chi connectivity index (χ1) is 7.49. The average Bonchev–Trinajstić information content (AvgIpc) is 2.16. The van der Waals surface area contributed by atoms with E-state index in [9.17, 15) is 4.79 Å². The monoisotopic (exact) mass is 273 g/mol. The normalized spacial score (nSPS) is 11.8. The molecule has 17 heavy (non-hydrogen) atoms. The lowest BCUT2D eigenvalue weighted by Gasteiger charge is -2.15. The first-order valence-corrected chi connectivity index (χ1v) is 5.93. The molecule has 0 bridgehead atoms.